The summed E-state index contributed by atoms with van der Waals surface area (Å²) < 4.78 is 25.5. The van der Waals surface area contributed by atoms with E-state index in [1.807, 2.05) is 0 Å². The van der Waals surface area contributed by atoms with Gasteiger partial charge in [-0.05, 0) is 44.1 Å². The zero-order chi connectivity index (χ0) is 14.0. The molecule has 0 atom stereocenters. The lowest BCUT2D eigenvalue weighted by Crippen LogP contribution is -2.53. The van der Waals surface area contributed by atoms with E-state index < -0.39 is 12.0 Å². The van der Waals surface area contributed by atoms with E-state index in [0.29, 0.717) is 11.7 Å². The highest BCUT2D eigenvalue weighted by Crippen LogP contribution is 2.75. The van der Waals surface area contributed by atoms with Gasteiger partial charge in [0.25, 0.3) is 6.43 Å². The minimum atomic E-state index is -2.61. The molecule has 0 bridgehead atoms. The van der Waals surface area contributed by atoms with Gasteiger partial charge in [0.1, 0.15) is 5.69 Å². The van der Waals surface area contributed by atoms with Crippen molar-refractivity contribution in [1.29, 1.82) is 0 Å². The van der Waals surface area contributed by atoms with Gasteiger partial charge in [-0.1, -0.05) is 0 Å². The fourth-order valence-corrected chi connectivity index (χ4v) is 3.07. The van der Waals surface area contributed by atoms with E-state index in [1.54, 1.807) is 0 Å². The molecule has 1 N–H and O–H groups in total. The number of fused-ring (bicyclic) bond motifs is 1. The summed E-state index contributed by atoms with van der Waals surface area (Å²) >= 11 is 0. The molecular formula is C14H15F2N3O. The van der Waals surface area contributed by atoms with Crippen molar-refractivity contribution in [2.24, 2.45) is 11.3 Å². The van der Waals surface area contributed by atoms with Gasteiger partial charge in [-0.2, -0.15) is 0 Å². The van der Waals surface area contributed by atoms with Crippen LogP contribution in [0.4, 0.5) is 8.78 Å². The van der Waals surface area contributed by atoms with Gasteiger partial charge in [0.05, 0.1) is 11.0 Å². The van der Waals surface area contributed by atoms with Crippen LogP contribution in [0.15, 0.2) is 12.3 Å². The molecule has 4 rings (SSSR count). The summed E-state index contributed by atoms with van der Waals surface area (Å²) in [7, 11) is 0. The first-order chi connectivity index (χ1) is 9.56. The van der Waals surface area contributed by atoms with E-state index in [2.05, 4.69) is 15.3 Å². The molecule has 3 aliphatic carbocycles. The van der Waals surface area contributed by atoms with Crippen LogP contribution < -0.4 is 5.32 Å². The summed E-state index contributed by atoms with van der Waals surface area (Å²) in [5.41, 5.74) is -1.01. The Balaban J connectivity index is 1.60. The number of aromatic nitrogens is 2. The van der Waals surface area contributed by atoms with E-state index in [4.69, 9.17) is 0 Å². The fourth-order valence-electron chi connectivity index (χ4n) is 3.07. The molecule has 6 heteroatoms. The molecule has 20 heavy (non-hydrogen) atoms. The standard InChI is InChI=1S/C14H15F2N3O/c15-10(16)9-2-5-17-11(18-9)14(3-1-4-14)19-12(20)13-6-8(13)7-13/h2,5,8,10H,1,3-4,6-7H2,(H,19,20). The minimum absolute atomic E-state index is 0.0632. The number of hydrogen-bond acceptors (Lipinski definition) is 3. The van der Waals surface area contributed by atoms with Crippen molar-refractivity contribution in [3.63, 3.8) is 0 Å². The van der Waals surface area contributed by atoms with Crippen LogP contribution in [0.2, 0.25) is 0 Å². The highest BCUT2D eigenvalue weighted by Gasteiger charge is 2.75. The Labute approximate surface area is 115 Å². The third kappa shape index (κ3) is 1.60. The summed E-state index contributed by atoms with van der Waals surface area (Å²) in [6, 6.07) is 1.22. The Bertz CT molecular complexity index is 580. The maximum absolute atomic E-state index is 12.7. The normalized spacial score (nSPS) is 32.2. The first-order valence-corrected chi connectivity index (χ1v) is 7.00. The van der Waals surface area contributed by atoms with Gasteiger partial charge in [0.2, 0.25) is 5.91 Å². The number of nitrogens with one attached hydrogen (secondary N) is 1. The topological polar surface area (TPSA) is 54.9 Å². The van der Waals surface area contributed by atoms with Crippen molar-refractivity contribution in [2.45, 2.75) is 44.1 Å². The molecule has 1 aromatic heterocycles. The lowest BCUT2D eigenvalue weighted by molar-refractivity contribution is -0.127. The first-order valence-electron chi connectivity index (χ1n) is 7.00. The van der Waals surface area contributed by atoms with Crippen molar-refractivity contribution >= 4 is 5.91 Å². The largest absolute Gasteiger partial charge is 0.343 e. The summed E-state index contributed by atoms with van der Waals surface area (Å²) in [5.74, 6) is 0.963. The van der Waals surface area contributed by atoms with Crippen molar-refractivity contribution in [1.82, 2.24) is 15.3 Å². The molecule has 3 aliphatic rings. The van der Waals surface area contributed by atoms with Crippen LogP contribution in [0, 0.1) is 11.3 Å². The quantitative estimate of drug-likeness (QED) is 0.920. The molecule has 0 unspecified atom stereocenters. The Morgan fingerprint density at radius 2 is 2.10 bits per heavy atom. The molecular weight excluding hydrogens is 264 g/mol. The summed E-state index contributed by atoms with van der Waals surface area (Å²) in [4.78, 5) is 20.3. The number of alkyl halides is 2. The van der Waals surface area contributed by atoms with Gasteiger partial charge in [-0.15, -0.1) is 0 Å². The lowest BCUT2D eigenvalue weighted by atomic mass is 9.75. The van der Waals surface area contributed by atoms with E-state index in [1.165, 1.54) is 12.3 Å². The summed E-state index contributed by atoms with van der Waals surface area (Å²) in [6.07, 6.45) is 3.11. The lowest BCUT2D eigenvalue weighted by Gasteiger charge is -2.41. The molecule has 1 aromatic rings. The summed E-state index contributed by atoms with van der Waals surface area (Å²) in [5, 5.41) is 3.05. The monoisotopic (exact) mass is 279 g/mol. The molecule has 0 saturated heterocycles. The second-order valence-corrected chi connectivity index (χ2v) is 6.26. The average molecular weight is 279 g/mol. The fraction of sp³-hybridized carbons (Fsp3) is 0.643. The second kappa shape index (κ2) is 3.74. The average Bonchev–Trinajstić information content (AvgIpc) is 3.22. The Hall–Kier alpha value is -1.59. The minimum Gasteiger partial charge on any atom is -0.343 e. The predicted molar refractivity (Wildman–Crippen MR) is 65.8 cm³/mol. The maximum Gasteiger partial charge on any atom is 0.280 e. The highest BCUT2D eigenvalue weighted by atomic mass is 19.3. The molecule has 3 saturated carbocycles. The van der Waals surface area contributed by atoms with Crippen LogP contribution in [0.1, 0.15) is 50.0 Å². The van der Waals surface area contributed by atoms with Crippen LogP contribution in [0.3, 0.4) is 0 Å². The van der Waals surface area contributed by atoms with Crippen molar-refractivity contribution in [3.05, 3.63) is 23.8 Å². The maximum atomic E-state index is 12.7. The third-order valence-corrected chi connectivity index (χ3v) is 5.02. The third-order valence-electron chi connectivity index (χ3n) is 5.02. The van der Waals surface area contributed by atoms with Gasteiger partial charge in [0.15, 0.2) is 5.82 Å². The van der Waals surface area contributed by atoms with Crippen LogP contribution in [0.25, 0.3) is 0 Å². The first kappa shape index (κ1) is 12.2. The van der Waals surface area contributed by atoms with Crippen LogP contribution in [-0.2, 0) is 10.3 Å². The number of nitrogens with zero attached hydrogens (tertiary/aromatic N) is 2. The highest BCUT2D eigenvalue weighted by molar-refractivity contribution is 5.90. The van der Waals surface area contributed by atoms with Crippen LogP contribution in [0.5, 0.6) is 0 Å². The van der Waals surface area contributed by atoms with E-state index in [-0.39, 0.29) is 17.0 Å². The van der Waals surface area contributed by atoms with Gasteiger partial charge in [-0.25, -0.2) is 18.7 Å². The molecule has 0 aromatic carbocycles. The molecule has 4 nitrogen and oxygen atoms in total. The molecule has 0 radical (unpaired) electrons. The SMILES string of the molecule is O=C(NC1(c2nccc(C(F)F)n2)CCC1)C12CC1C2. The second-order valence-electron chi connectivity index (χ2n) is 6.26. The number of halogens is 2. The number of carbonyl (C=O) groups is 1. The van der Waals surface area contributed by atoms with Crippen LogP contribution >= 0.6 is 0 Å². The Kier molecular flexibility index (Phi) is 2.28. The molecule has 1 amide bonds. The van der Waals surface area contributed by atoms with E-state index in [9.17, 15) is 13.6 Å². The van der Waals surface area contributed by atoms with Gasteiger partial charge in [0, 0.05) is 6.20 Å². The van der Waals surface area contributed by atoms with Gasteiger partial charge >= 0.3 is 0 Å². The van der Waals surface area contributed by atoms with Crippen LogP contribution in [-0.4, -0.2) is 15.9 Å². The zero-order valence-electron chi connectivity index (χ0n) is 10.9. The molecule has 0 aliphatic heterocycles. The molecule has 0 spiro atoms. The Morgan fingerprint density at radius 3 is 2.60 bits per heavy atom. The van der Waals surface area contributed by atoms with E-state index in [0.717, 1.165) is 32.1 Å². The summed E-state index contributed by atoms with van der Waals surface area (Å²) in [6.45, 7) is 0. The molecule has 106 valence electrons. The van der Waals surface area contributed by atoms with E-state index >= 15 is 0 Å². The number of rotatable bonds is 4. The zero-order valence-corrected chi connectivity index (χ0v) is 10.9. The number of hydrogen-bond donors (Lipinski definition) is 1. The van der Waals surface area contributed by atoms with Gasteiger partial charge in [-0.3, -0.25) is 4.79 Å². The van der Waals surface area contributed by atoms with Crippen molar-refractivity contribution < 1.29 is 13.6 Å². The van der Waals surface area contributed by atoms with Gasteiger partial charge < -0.3 is 5.32 Å². The number of amides is 1. The molecule has 1 heterocycles. The number of carbonyl (C=O) groups excluding carboxylic acids is 1. The molecule has 3 fully saturated rings. The smallest absolute Gasteiger partial charge is 0.280 e. The Morgan fingerprint density at radius 1 is 1.40 bits per heavy atom. The van der Waals surface area contributed by atoms with Crippen molar-refractivity contribution in [2.75, 3.05) is 0 Å². The van der Waals surface area contributed by atoms with Crippen molar-refractivity contribution in [3.8, 4) is 0 Å². The predicted octanol–water partition coefficient (Wildman–Crippen LogP) is 2.32.